The lowest BCUT2D eigenvalue weighted by atomic mass is 9.98. The fraction of sp³-hybridized carbons (Fsp3) is 0.300. The molecule has 1 atom stereocenters. The fourth-order valence-electron chi connectivity index (χ4n) is 3.28. The quantitative estimate of drug-likeness (QED) is 0.909. The van der Waals surface area contributed by atoms with E-state index in [1.807, 2.05) is 24.3 Å². The number of fused-ring (bicyclic) bond motifs is 1. The zero-order valence-electron chi connectivity index (χ0n) is 14.2. The maximum atomic E-state index is 12.9. The average Bonchev–Trinajstić information content (AvgIpc) is 2.96. The summed E-state index contributed by atoms with van der Waals surface area (Å²) in [5, 5.41) is 2.91. The van der Waals surface area contributed by atoms with Crippen LogP contribution in [-0.4, -0.2) is 24.9 Å². The highest BCUT2D eigenvalue weighted by Gasteiger charge is 2.29. The lowest BCUT2D eigenvalue weighted by Crippen LogP contribution is -2.29. The number of carbonyl (C=O) groups excluding carboxylic acids is 2. The molecule has 5 heteroatoms. The van der Waals surface area contributed by atoms with E-state index in [9.17, 15) is 14.0 Å². The van der Waals surface area contributed by atoms with Crippen molar-refractivity contribution in [2.45, 2.75) is 25.7 Å². The van der Waals surface area contributed by atoms with Crippen molar-refractivity contribution in [3.8, 4) is 0 Å². The predicted molar refractivity (Wildman–Crippen MR) is 94.9 cm³/mol. The molecule has 1 N–H and O–H groups in total. The van der Waals surface area contributed by atoms with Gasteiger partial charge in [-0.1, -0.05) is 30.3 Å². The molecule has 0 saturated heterocycles. The van der Waals surface area contributed by atoms with Gasteiger partial charge in [-0.3, -0.25) is 9.59 Å². The number of hydrogen-bond acceptors (Lipinski definition) is 2. The van der Waals surface area contributed by atoms with Crippen molar-refractivity contribution in [1.82, 2.24) is 5.32 Å². The number of hydrogen-bond donors (Lipinski definition) is 1. The van der Waals surface area contributed by atoms with Crippen molar-refractivity contribution in [3.63, 3.8) is 0 Å². The molecule has 0 aliphatic carbocycles. The van der Waals surface area contributed by atoms with Gasteiger partial charge in [-0.05, 0) is 35.7 Å². The average molecular weight is 340 g/mol. The summed E-state index contributed by atoms with van der Waals surface area (Å²) in [6, 6.07) is 13.9. The van der Waals surface area contributed by atoms with Crippen molar-refractivity contribution >= 4 is 17.5 Å². The van der Waals surface area contributed by atoms with Crippen LogP contribution in [0.15, 0.2) is 48.5 Å². The van der Waals surface area contributed by atoms with Gasteiger partial charge in [0.25, 0.3) is 0 Å². The first-order chi connectivity index (χ1) is 12.0. The van der Waals surface area contributed by atoms with E-state index >= 15 is 0 Å². The SMILES string of the molecule is CC(=O)N1CC(CCNC(=O)Cc2ccc(F)cc2)c2ccccc21. The largest absolute Gasteiger partial charge is 0.356 e. The standard InChI is InChI=1S/C20H21FN2O2/c1-14(24)23-13-16(18-4-2-3-5-19(18)23)10-11-22-20(25)12-15-6-8-17(21)9-7-15/h2-9,16H,10-13H2,1H3,(H,22,25). The highest BCUT2D eigenvalue weighted by atomic mass is 19.1. The van der Waals surface area contributed by atoms with Gasteiger partial charge in [0.1, 0.15) is 5.82 Å². The highest BCUT2D eigenvalue weighted by Crippen LogP contribution is 2.37. The summed E-state index contributed by atoms with van der Waals surface area (Å²) in [4.78, 5) is 25.6. The second kappa shape index (κ2) is 7.47. The summed E-state index contributed by atoms with van der Waals surface area (Å²) < 4.78 is 12.9. The van der Waals surface area contributed by atoms with E-state index in [0.29, 0.717) is 13.1 Å². The molecule has 1 aliphatic heterocycles. The molecule has 25 heavy (non-hydrogen) atoms. The van der Waals surface area contributed by atoms with Crippen LogP contribution in [0.25, 0.3) is 0 Å². The van der Waals surface area contributed by atoms with Gasteiger partial charge in [-0.2, -0.15) is 0 Å². The summed E-state index contributed by atoms with van der Waals surface area (Å²) >= 11 is 0. The molecule has 2 aromatic rings. The van der Waals surface area contributed by atoms with Crippen LogP contribution in [0.1, 0.15) is 30.4 Å². The number of rotatable bonds is 5. The van der Waals surface area contributed by atoms with E-state index in [1.54, 1.807) is 24.0 Å². The molecule has 0 aromatic heterocycles. The van der Waals surface area contributed by atoms with Gasteiger partial charge in [-0.15, -0.1) is 0 Å². The van der Waals surface area contributed by atoms with E-state index in [1.165, 1.54) is 12.1 Å². The zero-order valence-corrected chi connectivity index (χ0v) is 14.2. The Morgan fingerprint density at radius 2 is 1.88 bits per heavy atom. The van der Waals surface area contributed by atoms with Crippen LogP contribution < -0.4 is 10.2 Å². The number of nitrogens with one attached hydrogen (secondary N) is 1. The van der Waals surface area contributed by atoms with E-state index in [0.717, 1.165) is 23.2 Å². The number of carbonyl (C=O) groups is 2. The van der Waals surface area contributed by atoms with Crippen molar-refractivity contribution in [2.24, 2.45) is 0 Å². The van der Waals surface area contributed by atoms with Crippen LogP contribution in [0.3, 0.4) is 0 Å². The Hall–Kier alpha value is -2.69. The van der Waals surface area contributed by atoms with Crippen molar-refractivity contribution in [2.75, 3.05) is 18.0 Å². The van der Waals surface area contributed by atoms with Crippen LogP contribution in [0.2, 0.25) is 0 Å². The lowest BCUT2D eigenvalue weighted by Gasteiger charge is -2.15. The zero-order chi connectivity index (χ0) is 17.8. The number of amides is 2. The Kier molecular flexibility index (Phi) is 5.12. The summed E-state index contributed by atoms with van der Waals surface area (Å²) in [6.45, 7) is 2.77. The number of nitrogens with zero attached hydrogens (tertiary/aromatic N) is 1. The molecule has 3 rings (SSSR count). The predicted octanol–water partition coefficient (Wildman–Crippen LogP) is 3.02. The van der Waals surface area contributed by atoms with Crippen LogP contribution >= 0.6 is 0 Å². The van der Waals surface area contributed by atoms with E-state index in [2.05, 4.69) is 5.32 Å². The Bertz CT molecular complexity index is 774. The molecule has 0 saturated carbocycles. The van der Waals surface area contributed by atoms with Crippen LogP contribution in [0.4, 0.5) is 10.1 Å². The molecule has 2 amide bonds. The minimum absolute atomic E-state index is 0.0373. The lowest BCUT2D eigenvalue weighted by molar-refractivity contribution is -0.120. The van der Waals surface area contributed by atoms with E-state index in [-0.39, 0.29) is 30.0 Å². The van der Waals surface area contributed by atoms with Gasteiger partial charge in [0, 0.05) is 31.6 Å². The van der Waals surface area contributed by atoms with Crippen molar-refractivity contribution in [1.29, 1.82) is 0 Å². The fourth-order valence-corrected chi connectivity index (χ4v) is 3.28. The molecule has 1 aliphatic rings. The van der Waals surface area contributed by atoms with Crippen LogP contribution in [-0.2, 0) is 16.0 Å². The Labute approximate surface area is 146 Å². The minimum atomic E-state index is -0.306. The minimum Gasteiger partial charge on any atom is -0.356 e. The summed E-state index contributed by atoms with van der Waals surface area (Å²) in [7, 11) is 0. The molecular formula is C20H21FN2O2. The first-order valence-corrected chi connectivity index (χ1v) is 8.43. The second-order valence-corrected chi connectivity index (χ2v) is 6.33. The topological polar surface area (TPSA) is 49.4 Å². The number of benzene rings is 2. The van der Waals surface area contributed by atoms with Gasteiger partial charge in [-0.25, -0.2) is 4.39 Å². The van der Waals surface area contributed by atoms with Crippen LogP contribution in [0.5, 0.6) is 0 Å². The maximum absolute atomic E-state index is 12.9. The normalized spacial score (nSPS) is 15.8. The Balaban J connectivity index is 1.53. The molecule has 1 unspecified atom stereocenters. The van der Waals surface area contributed by atoms with Crippen molar-refractivity contribution in [3.05, 3.63) is 65.5 Å². The molecule has 130 valence electrons. The molecule has 4 nitrogen and oxygen atoms in total. The molecule has 0 spiro atoms. The molecule has 0 radical (unpaired) electrons. The van der Waals surface area contributed by atoms with E-state index < -0.39 is 0 Å². The van der Waals surface area contributed by atoms with Gasteiger partial charge in [0.15, 0.2) is 0 Å². The number of para-hydroxylation sites is 1. The van der Waals surface area contributed by atoms with Gasteiger partial charge in [0.2, 0.25) is 11.8 Å². The number of halogens is 1. The Morgan fingerprint density at radius 3 is 2.60 bits per heavy atom. The molecule has 1 heterocycles. The monoisotopic (exact) mass is 340 g/mol. The summed E-state index contributed by atoms with van der Waals surface area (Å²) in [5.41, 5.74) is 2.91. The van der Waals surface area contributed by atoms with Gasteiger partial charge >= 0.3 is 0 Å². The van der Waals surface area contributed by atoms with E-state index in [4.69, 9.17) is 0 Å². The smallest absolute Gasteiger partial charge is 0.224 e. The third kappa shape index (κ3) is 4.05. The van der Waals surface area contributed by atoms with Crippen molar-refractivity contribution < 1.29 is 14.0 Å². The molecule has 2 aromatic carbocycles. The summed E-state index contributed by atoms with van der Waals surface area (Å²) in [5.74, 6) is -0.123. The molecule has 0 fully saturated rings. The molecule has 0 bridgehead atoms. The Morgan fingerprint density at radius 1 is 1.16 bits per heavy atom. The first kappa shape index (κ1) is 17.1. The van der Waals surface area contributed by atoms with Gasteiger partial charge < -0.3 is 10.2 Å². The summed E-state index contributed by atoms with van der Waals surface area (Å²) in [6.07, 6.45) is 1.01. The first-order valence-electron chi connectivity index (χ1n) is 8.43. The molecular weight excluding hydrogens is 319 g/mol. The highest BCUT2D eigenvalue weighted by molar-refractivity contribution is 5.94. The van der Waals surface area contributed by atoms with Gasteiger partial charge in [0.05, 0.1) is 6.42 Å². The van der Waals surface area contributed by atoms with Crippen LogP contribution in [0, 0.1) is 5.82 Å². The number of anilines is 1. The second-order valence-electron chi connectivity index (χ2n) is 6.33. The third-order valence-electron chi connectivity index (χ3n) is 4.54. The third-order valence-corrected chi connectivity index (χ3v) is 4.54. The maximum Gasteiger partial charge on any atom is 0.224 e.